The third-order valence-electron chi connectivity index (χ3n) is 3.06. The molecule has 2 rings (SSSR count). The Kier molecular flexibility index (Phi) is 4.90. The standard InChI is InChI=1S/C16H17FN2O2/c1-21-15-7-4-12(10-14(15)17)16(20)19-13-5-2-11(3-6-13)8-9-18/h2-7,10H,8-9,18H2,1H3,(H,19,20). The molecule has 0 heterocycles. The van der Waals surface area contributed by atoms with Crippen molar-refractivity contribution in [1.29, 1.82) is 0 Å². The molecule has 0 atom stereocenters. The molecule has 5 heteroatoms. The molecular weight excluding hydrogens is 271 g/mol. The summed E-state index contributed by atoms with van der Waals surface area (Å²) < 4.78 is 18.4. The van der Waals surface area contributed by atoms with E-state index in [4.69, 9.17) is 10.5 Å². The van der Waals surface area contributed by atoms with Crippen molar-refractivity contribution < 1.29 is 13.9 Å². The monoisotopic (exact) mass is 288 g/mol. The zero-order chi connectivity index (χ0) is 15.2. The molecule has 0 fully saturated rings. The summed E-state index contributed by atoms with van der Waals surface area (Å²) in [5.74, 6) is -0.829. The lowest BCUT2D eigenvalue weighted by molar-refractivity contribution is 0.102. The Balaban J connectivity index is 2.08. The summed E-state index contributed by atoms with van der Waals surface area (Å²) in [5.41, 5.74) is 7.47. The van der Waals surface area contributed by atoms with Gasteiger partial charge in [-0.3, -0.25) is 4.79 Å². The van der Waals surface area contributed by atoms with E-state index >= 15 is 0 Å². The molecule has 0 unspecified atom stereocenters. The number of halogens is 1. The van der Waals surface area contributed by atoms with Crippen LogP contribution in [0.1, 0.15) is 15.9 Å². The highest BCUT2D eigenvalue weighted by Crippen LogP contribution is 2.19. The Morgan fingerprint density at radius 1 is 1.24 bits per heavy atom. The van der Waals surface area contributed by atoms with Gasteiger partial charge >= 0.3 is 0 Å². The van der Waals surface area contributed by atoms with Crippen LogP contribution in [0.5, 0.6) is 5.75 Å². The second-order valence-corrected chi connectivity index (χ2v) is 4.54. The van der Waals surface area contributed by atoms with Gasteiger partial charge in [-0.1, -0.05) is 12.1 Å². The normalized spacial score (nSPS) is 10.2. The molecular formula is C16H17FN2O2. The van der Waals surface area contributed by atoms with Gasteiger partial charge in [0.15, 0.2) is 11.6 Å². The number of carbonyl (C=O) groups excluding carboxylic acids is 1. The quantitative estimate of drug-likeness (QED) is 0.888. The summed E-state index contributed by atoms with van der Waals surface area (Å²) in [4.78, 5) is 12.0. The Morgan fingerprint density at radius 3 is 2.52 bits per heavy atom. The number of amides is 1. The number of hydrogen-bond acceptors (Lipinski definition) is 3. The highest BCUT2D eigenvalue weighted by molar-refractivity contribution is 6.04. The zero-order valence-corrected chi connectivity index (χ0v) is 11.7. The fourth-order valence-electron chi connectivity index (χ4n) is 1.93. The van der Waals surface area contributed by atoms with Crippen LogP contribution in [0.25, 0.3) is 0 Å². The van der Waals surface area contributed by atoms with Crippen LogP contribution in [0.15, 0.2) is 42.5 Å². The van der Waals surface area contributed by atoms with Crippen LogP contribution in [0.3, 0.4) is 0 Å². The van der Waals surface area contributed by atoms with Gasteiger partial charge in [0.1, 0.15) is 0 Å². The van der Waals surface area contributed by atoms with Crippen molar-refractivity contribution in [1.82, 2.24) is 0 Å². The van der Waals surface area contributed by atoms with Crippen molar-refractivity contribution in [2.45, 2.75) is 6.42 Å². The van der Waals surface area contributed by atoms with Crippen molar-refractivity contribution in [2.24, 2.45) is 5.73 Å². The molecule has 0 aliphatic heterocycles. The molecule has 0 saturated heterocycles. The van der Waals surface area contributed by atoms with E-state index in [9.17, 15) is 9.18 Å². The minimum atomic E-state index is -0.566. The van der Waals surface area contributed by atoms with Crippen LogP contribution in [0, 0.1) is 5.82 Å². The minimum absolute atomic E-state index is 0.109. The third-order valence-corrected chi connectivity index (χ3v) is 3.06. The van der Waals surface area contributed by atoms with Crippen molar-refractivity contribution in [3.8, 4) is 5.75 Å². The summed E-state index contributed by atoms with van der Waals surface area (Å²) in [5, 5.41) is 2.71. The predicted octanol–water partition coefficient (Wildman–Crippen LogP) is 2.59. The van der Waals surface area contributed by atoms with Gasteiger partial charge in [0, 0.05) is 11.3 Å². The topological polar surface area (TPSA) is 64.3 Å². The first-order valence-electron chi connectivity index (χ1n) is 6.58. The highest BCUT2D eigenvalue weighted by atomic mass is 19.1. The van der Waals surface area contributed by atoms with Crippen LogP contribution in [0.2, 0.25) is 0 Å². The van der Waals surface area contributed by atoms with Gasteiger partial charge in [0.05, 0.1) is 7.11 Å². The molecule has 0 spiro atoms. The lowest BCUT2D eigenvalue weighted by Gasteiger charge is -2.08. The molecule has 0 saturated carbocycles. The van der Waals surface area contributed by atoms with Crippen LogP contribution in [-0.2, 0) is 6.42 Å². The molecule has 21 heavy (non-hydrogen) atoms. The Bertz CT molecular complexity index is 627. The Morgan fingerprint density at radius 2 is 1.95 bits per heavy atom. The molecule has 110 valence electrons. The fourth-order valence-corrected chi connectivity index (χ4v) is 1.93. The maximum absolute atomic E-state index is 13.6. The smallest absolute Gasteiger partial charge is 0.255 e. The van der Waals surface area contributed by atoms with Gasteiger partial charge in [-0.05, 0) is 48.9 Å². The summed E-state index contributed by atoms with van der Waals surface area (Å²) in [6, 6.07) is 11.5. The molecule has 4 nitrogen and oxygen atoms in total. The molecule has 2 aromatic rings. The number of methoxy groups -OCH3 is 1. The summed E-state index contributed by atoms with van der Waals surface area (Å²) in [6.45, 7) is 0.580. The van der Waals surface area contributed by atoms with Crippen LogP contribution in [-0.4, -0.2) is 19.6 Å². The Labute approximate surface area is 122 Å². The van der Waals surface area contributed by atoms with Gasteiger partial charge < -0.3 is 15.8 Å². The summed E-state index contributed by atoms with van der Waals surface area (Å²) in [6.07, 6.45) is 0.790. The van der Waals surface area contributed by atoms with Gasteiger partial charge in [-0.2, -0.15) is 0 Å². The fraction of sp³-hybridized carbons (Fsp3) is 0.188. The van der Waals surface area contributed by atoms with E-state index in [0.29, 0.717) is 12.2 Å². The van der Waals surface area contributed by atoms with Crippen molar-refractivity contribution in [3.63, 3.8) is 0 Å². The molecule has 3 N–H and O–H groups in total. The maximum atomic E-state index is 13.6. The molecule has 0 bridgehead atoms. The number of carbonyl (C=O) groups is 1. The van der Waals surface area contributed by atoms with E-state index in [1.807, 2.05) is 12.1 Å². The van der Waals surface area contributed by atoms with E-state index < -0.39 is 5.82 Å². The zero-order valence-electron chi connectivity index (χ0n) is 11.7. The molecule has 0 aromatic heterocycles. The van der Waals surface area contributed by atoms with Crippen LogP contribution >= 0.6 is 0 Å². The first-order valence-corrected chi connectivity index (χ1v) is 6.58. The number of benzene rings is 2. The average molecular weight is 288 g/mol. The van der Waals surface area contributed by atoms with Crippen molar-refractivity contribution in [3.05, 3.63) is 59.4 Å². The van der Waals surface area contributed by atoms with Crippen molar-refractivity contribution in [2.75, 3.05) is 19.0 Å². The lowest BCUT2D eigenvalue weighted by Crippen LogP contribution is -2.12. The molecule has 2 aromatic carbocycles. The van der Waals surface area contributed by atoms with E-state index in [1.54, 1.807) is 12.1 Å². The second kappa shape index (κ2) is 6.85. The summed E-state index contributed by atoms with van der Waals surface area (Å²) >= 11 is 0. The van der Waals surface area contributed by atoms with E-state index in [-0.39, 0.29) is 17.2 Å². The SMILES string of the molecule is COc1ccc(C(=O)Nc2ccc(CCN)cc2)cc1F. The lowest BCUT2D eigenvalue weighted by atomic mass is 10.1. The second-order valence-electron chi connectivity index (χ2n) is 4.54. The highest BCUT2D eigenvalue weighted by Gasteiger charge is 2.10. The van der Waals surface area contributed by atoms with E-state index in [1.165, 1.54) is 19.2 Å². The molecule has 0 aliphatic rings. The van der Waals surface area contributed by atoms with Gasteiger partial charge in [-0.25, -0.2) is 4.39 Å². The number of hydrogen-bond donors (Lipinski definition) is 2. The number of ether oxygens (including phenoxy) is 1. The van der Waals surface area contributed by atoms with Gasteiger partial charge in [0.25, 0.3) is 5.91 Å². The minimum Gasteiger partial charge on any atom is -0.494 e. The molecule has 1 amide bonds. The first-order chi connectivity index (χ1) is 10.1. The maximum Gasteiger partial charge on any atom is 0.255 e. The molecule has 0 radical (unpaired) electrons. The molecule has 0 aliphatic carbocycles. The number of nitrogens with one attached hydrogen (secondary N) is 1. The number of nitrogens with two attached hydrogens (primary N) is 1. The van der Waals surface area contributed by atoms with Gasteiger partial charge in [0.2, 0.25) is 0 Å². The average Bonchev–Trinajstić information content (AvgIpc) is 2.49. The van der Waals surface area contributed by atoms with E-state index in [2.05, 4.69) is 5.32 Å². The van der Waals surface area contributed by atoms with Gasteiger partial charge in [-0.15, -0.1) is 0 Å². The summed E-state index contributed by atoms with van der Waals surface area (Å²) in [7, 11) is 1.38. The predicted molar refractivity (Wildman–Crippen MR) is 80.1 cm³/mol. The number of rotatable bonds is 5. The Hall–Kier alpha value is -2.40. The van der Waals surface area contributed by atoms with Crippen LogP contribution in [0.4, 0.5) is 10.1 Å². The van der Waals surface area contributed by atoms with Crippen LogP contribution < -0.4 is 15.8 Å². The first kappa shape index (κ1) is 15.0. The van der Waals surface area contributed by atoms with E-state index in [0.717, 1.165) is 18.1 Å². The third kappa shape index (κ3) is 3.79. The van der Waals surface area contributed by atoms with Crippen molar-refractivity contribution >= 4 is 11.6 Å². The number of anilines is 1. The largest absolute Gasteiger partial charge is 0.494 e.